The van der Waals surface area contributed by atoms with Crippen LogP contribution < -0.4 is 10.6 Å². The van der Waals surface area contributed by atoms with Gasteiger partial charge in [0, 0.05) is 31.2 Å². The number of aliphatic hydroxyl groups is 1. The Hall–Kier alpha value is -0.610. The number of amides is 1. The Balaban J connectivity index is 2.13. The van der Waals surface area contributed by atoms with E-state index in [2.05, 4.69) is 24.5 Å². The molecule has 1 saturated carbocycles. The maximum Gasteiger partial charge on any atom is 0.221 e. The van der Waals surface area contributed by atoms with Crippen molar-refractivity contribution in [2.24, 2.45) is 0 Å². The van der Waals surface area contributed by atoms with E-state index >= 15 is 0 Å². The van der Waals surface area contributed by atoms with Crippen LogP contribution in [0, 0.1) is 0 Å². The summed E-state index contributed by atoms with van der Waals surface area (Å²) in [6, 6.07) is 0.447. The third-order valence-corrected chi connectivity index (χ3v) is 3.29. The molecule has 0 radical (unpaired) electrons. The van der Waals surface area contributed by atoms with Gasteiger partial charge in [-0.2, -0.15) is 0 Å². The smallest absolute Gasteiger partial charge is 0.221 e. The highest BCUT2D eigenvalue weighted by Crippen LogP contribution is 2.18. The quantitative estimate of drug-likeness (QED) is 0.576. The molecule has 1 atom stereocenters. The van der Waals surface area contributed by atoms with Crippen molar-refractivity contribution >= 4 is 5.91 Å². The molecule has 1 aliphatic carbocycles. The normalized spacial score (nSPS) is 19.2. The van der Waals surface area contributed by atoms with Gasteiger partial charge in [-0.05, 0) is 32.6 Å². The minimum atomic E-state index is -0.0470. The fourth-order valence-electron chi connectivity index (χ4n) is 1.64. The fraction of sp³-hybridized carbons (Fsp3) is 0.917. The molecule has 3 N–H and O–H groups in total. The van der Waals surface area contributed by atoms with Gasteiger partial charge in [0.05, 0.1) is 0 Å². The summed E-state index contributed by atoms with van der Waals surface area (Å²) in [7, 11) is 0. The van der Waals surface area contributed by atoms with Gasteiger partial charge in [0.2, 0.25) is 5.91 Å². The Bertz CT molecular complexity index is 229. The van der Waals surface area contributed by atoms with Crippen LogP contribution in [-0.2, 0) is 4.79 Å². The number of aliphatic hydroxyl groups excluding tert-OH is 1. The largest absolute Gasteiger partial charge is 0.396 e. The molecule has 16 heavy (non-hydrogen) atoms. The highest BCUT2D eigenvalue weighted by Gasteiger charge is 2.24. The zero-order chi connectivity index (χ0) is 12.0. The first kappa shape index (κ1) is 13.5. The van der Waals surface area contributed by atoms with Gasteiger partial charge in [0.1, 0.15) is 0 Å². The SMILES string of the molecule is CCC(C)(CCO)NCCC(=O)NC1CC1. The maximum absolute atomic E-state index is 11.4. The van der Waals surface area contributed by atoms with Crippen molar-refractivity contribution in [3.63, 3.8) is 0 Å². The molecule has 94 valence electrons. The second-order valence-electron chi connectivity index (χ2n) is 4.91. The first-order valence-corrected chi connectivity index (χ1v) is 6.25. The third-order valence-electron chi connectivity index (χ3n) is 3.29. The lowest BCUT2D eigenvalue weighted by Gasteiger charge is -2.29. The summed E-state index contributed by atoms with van der Waals surface area (Å²) in [6.45, 7) is 5.05. The summed E-state index contributed by atoms with van der Waals surface area (Å²) >= 11 is 0. The molecule has 0 aromatic carbocycles. The second kappa shape index (κ2) is 6.21. The number of carbonyl (C=O) groups excluding carboxylic acids is 1. The van der Waals surface area contributed by atoms with E-state index in [1.54, 1.807) is 0 Å². The van der Waals surface area contributed by atoms with Gasteiger partial charge in [-0.1, -0.05) is 6.92 Å². The van der Waals surface area contributed by atoms with Crippen LogP contribution in [0.3, 0.4) is 0 Å². The summed E-state index contributed by atoms with van der Waals surface area (Å²) in [6.07, 6.45) is 4.48. The zero-order valence-electron chi connectivity index (χ0n) is 10.4. The minimum Gasteiger partial charge on any atom is -0.396 e. The fourth-order valence-corrected chi connectivity index (χ4v) is 1.64. The monoisotopic (exact) mass is 228 g/mol. The summed E-state index contributed by atoms with van der Waals surface area (Å²) in [5, 5.41) is 15.3. The highest BCUT2D eigenvalue weighted by atomic mass is 16.3. The van der Waals surface area contributed by atoms with Gasteiger partial charge in [-0.3, -0.25) is 4.79 Å². The number of nitrogens with one attached hydrogen (secondary N) is 2. The van der Waals surface area contributed by atoms with Gasteiger partial charge in [-0.15, -0.1) is 0 Å². The van der Waals surface area contributed by atoms with Gasteiger partial charge in [0.15, 0.2) is 0 Å². The van der Waals surface area contributed by atoms with Crippen LogP contribution in [0.4, 0.5) is 0 Å². The number of hydrogen-bond acceptors (Lipinski definition) is 3. The van der Waals surface area contributed by atoms with Crippen LogP contribution in [0.2, 0.25) is 0 Å². The molecular weight excluding hydrogens is 204 g/mol. The third kappa shape index (κ3) is 4.94. The van der Waals surface area contributed by atoms with E-state index in [0.717, 1.165) is 25.7 Å². The molecule has 0 spiro atoms. The summed E-state index contributed by atoms with van der Waals surface area (Å²) in [4.78, 5) is 11.4. The van der Waals surface area contributed by atoms with E-state index in [1.165, 1.54) is 0 Å². The molecular formula is C12H24N2O2. The minimum absolute atomic E-state index is 0.0470. The Morgan fingerprint density at radius 1 is 1.50 bits per heavy atom. The second-order valence-corrected chi connectivity index (χ2v) is 4.91. The van der Waals surface area contributed by atoms with Crippen LogP contribution in [0.25, 0.3) is 0 Å². The molecule has 0 saturated heterocycles. The van der Waals surface area contributed by atoms with Crippen molar-refractivity contribution in [3.8, 4) is 0 Å². The topological polar surface area (TPSA) is 61.4 Å². The maximum atomic E-state index is 11.4. The van der Waals surface area contributed by atoms with Crippen LogP contribution in [0.5, 0.6) is 0 Å². The van der Waals surface area contributed by atoms with Gasteiger partial charge in [0.25, 0.3) is 0 Å². The highest BCUT2D eigenvalue weighted by molar-refractivity contribution is 5.76. The lowest BCUT2D eigenvalue weighted by Crippen LogP contribution is -2.44. The average Bonchev–Trinajstić information content (AvgIpc) is 3.02. The van der Waals surface area contributed by atoms with E-state index in [4.69, 9.17) is 5.11 Å². The number of rotatable bonds is 8. The zero-order valence-corrected chi connectivity index (χ0v) is 10.4. The summed E-state index contributed by atoms with van der Waals surface area (Å²) in [5.41, 5.74) is -0.0470. The van der Waals surface area contributed by atoms with Gasteiger partial charge >= 0.3 is 0 Å². The van der Waals surface area contributed by atoms with E-state index in [0.29, 0.717) is 19.0 Å². The predicted octanol–water partition coefficient (Wildman–Crippen LogP) is 0.796. The summed E-state index contributed by atoms with van der Waals surface area (Å²) < 4.78 is 0. The number of hydrogen-bond donors (Lipinski definition) is 3. The molecule has 1 amide bonds. The van der Waals surface area contributed by atoms with Crippen molar-refractivity contribution in [1.82, 2.24) is 10.6 Å². The number of carbonyl (C=O) groups is 1. The van der Waals surface area contributed by atoms with E-state index < -0.39 is 0 Å². The van der Waals surface area contributed by atoms with Crippen LogP contribution >= 0.6 is 0 Å². The van der Waals surface area contributed by atoms with E-state index in [1.807, 2.05) is 0 Å². The van der Waals surface area contributed by atoms with E-state index in [-0.39, 0.29) is 18.1 Å². The van der Waals surface area contributed by atoms with Crippen molar-refractivity contribution in [2.75, 3.05) is 13.2 Å². The molecule has 0 heterocycles. The molecule has 0 aliphatic heterocycles. The molecule has 4 nitrogen and oxygen atoms in total. The molecule has 1 fully saturated rings. The molecule has 0 aromatic heterocycles. The molecule has 1 aliphatic rings. The van der Waals surface area contributed by atoms with Crippen LogP contribution in [0.15, 0.2) is 0 Å². The summed E-state index contributed by atoms with van der Waals surface area (Å²) in [5.74, 6) is 0.137. The van der Waals surface area contributed by atoms with Gasteiger partial charge in [-0.25, -0.2) is 0 Å². The first-order chi connectivity index (χ1) is 7.59. The Kier molecular flexibility index (Phi) is 5.22. The van der Waals surface area contributed by atoms with Crippen molar-refractivity contribution in [1.29, 1.82) is 0 Å². The lowest BCUT2D eigenvalue weighted by atomic mass is 9.95. The molecule has 0 aromatic rings. The first-order valence-electron chi connectivity index (χ1n) is 6.25. The van der Waals surface area contributed by atoms with Crippen molar-refractivity contribution in [3.05, 3.63) is 0 Å². The molecule has 1 rings (SSSR count). The predicted molar refractivity (Wildman–Crippen MR) is 64.2 cm³/mol. The van der Waals surface area contributed by atoms with Crippen molar-refractivity contribution in [2.45, 2.75) is 57.5 Å². The van der Waals surface area contributed by atoms with E-state index in [9.17, 15) is 4.79 Å². The Morgan fingerprint density at radius 2 is 2.19 bits per heavy atom. The molecule has 4 heteroatoms. The Labute approximate surface area is 97.8 Å². The van der Waals surface area contributed by atoms with Crippen LogP contribution in [-0.4, -0.2) is 35.7 Å². The van der Waals surface area contributed by atoms with Gasteiger partial charge < -0.3 is 15.7 Å². The lowest BCUT2D eigenvalue weighted by molar-refractivity contribution is -0.121. The Morgan fingerprint density at radius 3 is 2.69 bits per heavy atom. The average molecular weight is 228 g/mol. The van der Waals surface area contributed by atoms with Crippen LogP contribution in [0.1, 0.15) is 46.0 Å². The van der Waals surface area contributed by atoms with Crippen molar-refractivity contribution < 1.29 is 9.90 Å². The standard InChI is InChI=1S/C12H24N2O2/c1-3-12(2,7-9-15)13-8-6-11(16)14-10-4-5-10/h10,13,15H,3-9H2,1-2H3,(H,14,16). The molecule has 0 bridgehead atoms. The molecule has 1 unspecified atom stereocenters.